The van der Waals surface area contributed by atoms with Gasteiger partial charge in [-0.25, -0.2) is 0 Å². The first-order valence-corrected chi connectivity index (χ1v) is 7.10. The number of nitrogens with one attached hydrogen (secondary N) is 1. The lowest BCUT2D eigenvalue weighted by Crippen LogP contribution is -2.47. The lowest BCUT2D eigenvalue weighted by molar-refractivity contribution is -0.124. The summed E-state index contributed by atoms with van der Waals surface area (Å²) < 4.78 is 5.48. The van der Waals surface area contributed by atoms with Crippen LogP contribution >= 0.6 is 0 Å². The molecule has 0 heterocycles. The van der Waals surface area contributed by atoms with Crippen LogP contribution in [0.1, 0.15) is 44.1 Å². The Bertz CT molecular complexity index is 404. The molecule has 0 bridgehead atoms. The minimum atomic E-state index is -0.111. The van der Waals surface area contributed by atoms with Crippen LogP contribution in [-0.2, 0) is 9.53 Å². The molecule has 0 unspecified atom stereocenters. The molecule has 1 N–H and O–H groups in total. The van der Waals surface area contributed by atoms with Crippen molar-refractivity contribution in [2.45, 2.75) is 50.7 Å². The summed E-state index contributed by atoms with van der Waals surface area (Å²) in [6.07, 6.45) is 4.59. The van der Waals surface area contributed by atoms with Gasteiger partial charge in [0.25, 0.3) is 0 Å². The van der Waals surface area contributed by atoms with E-state index in [4.69, 9.17) is 4.74 Å². The highest BCUT2D eigenvalue weighted by atomic mass is 16.5. The summed E-state index contributed by atoms with van der Waals surface area (Å²) in [6, 6.07) is 10.1. The summed E-state index contributed by atoms with van der Waals surface area (Å²) >= 11 is 0. The van der Waals surface area contributed by atoms with Crippen LogP contribution in [-0.4, -0.2) is 25.2 Å². The highest BCUT2D eigenvalue weighted by Gasteiger charge is 2.27. The third kappa shape index (κ3) is 3.57. The predicted molar refractivity (Wildman–Crippen MR) is 76.1 cm³/mol. The van der Waals surface area contributed by atoms with Crippen LogP contribution in [0.25, 0.3) is 0 Å². The number of hydrogen-bond acceptors (Lipinski definition) is 2. The monoisotopic (exact) mass is 261 g/mol. The minimum absolute atomic E-state index is 0.0974. The zero-order valence-electron chi connectivity index (χ0n) is 11.8. The Morgan fingerprint density at radius 1 is 1.26 bits per heavy atom. The minimum Gasteiger partial charge on any atom is -0.379 e. The van der Waals surface area contributed by atoms with E-state index in [0.717, 1.165) is 18.4 Å². The van der Waals surface area contributed by atoms with E-state index in [1.807, 2.05) is 37.3 Å². The third-order valence-electron chi connectivity index (χ3n) is 4.03. The lowest BCUT2D eigenvalue weighted by Gasteiger charge is -2.31. The fraction of sp³-hybridized carbons (Fsp3) is 0.562. The zero-order valence-corrected chi connectivity index (χ0v) is 11.8. The normalized spacial score (nSPS) is 24.7. The summed E-state index contributed by atoms with van der Waals surface area (Å²) in [7, 11) is 1.73. The number of benzene rings is 1. The van der Waals surface area contributed by atoms with Crippen LogP contribution in [0.4, 0.5) is 0 Å². The number of carbonyl (C=O) groups is 1. The molecule has 0 spiro atoms. The van der Waals surface area contributed by atoms with Gasteiger partial charge in [-0.3, -0.25) is 4.79 Å². The van der Waals surface area contributed by atoms with Gasteiger partial charge in [0.1, 0.15) is 0 Å². The van der Waals surface area contributed by atoms with Crippen molar-refractivity contribution in [2.24, 2.45) is 0 Å². The SMILES string of the molecule is CO[C@@H]1CCCC[C@H]1NC(=O)[C@H](C)c1ccccc1. The molecule has 19 heavy (non-hydrogen) atoms. The van der Waals surface area contributed by atoms with Gasteiger partial charge in [0, 0.05) is 7.11 Å². The fourth-order valence-electron chi connectivity index (χ4n) is 2.74. The van der Waals surface area contributed by atoms with E-state index in [1.54, 1.807) is 7.11 Å². The number of methoxy groups -OCH3 is 1. The molecular weight excluding hydrogens is 238 g/mol. The molecule has 1 amide bonds. The van der Waals surface area contributed by atoms with Crippen LogP contribution in [0.15, 0.2) is 30.3 Å². The van der Waals surface area contributed by atoms with Crippen LogP contribution < -0.4 is 5.32 Å². The molecule has 1 aliphatic carbocycles. The maximum Gasteiger partial charge on any atom is 0.227 e. The molecular formula is C16H23NO2. The topological polar surface area (TPSA) is 38.3 Å². The highest BCUT2D eigenvalue weighted by Crippen LogP contribution is 2.22. The quantitative estimate of drug-likeness (QED) is 0.905. The van der Waals surface area contributed by atoms with Crippen molar-refractivity contribution in [2.75, 3.05) is 7.11 Å². The molecule has 1 fully saturated rings. The van der Waals surface area contributed by atoms with Gasteiger partial charge < -0.3 is 10.1 Å². The van der Waals surface area contributed by atoms with Gasteiger partial charge >= 0.3 is 0 Å². The maximum absolute atomic E-state index is 12.3. The van der Waals surface area contributed by atoms with Crippen molar-refractivity contribution >= 4 is 5.91 Å². The van der Waals surface area contributed by atoms with E-state index >= 15 is 0 Å². The zero-order chi connectivity index (χ0) is 13.7. The average Bonchev–Trinajstić information content (AvgIpc) is 2.48. The number of rotatable bonds is 4. The van der Waals surface area contributed by atoms with Crippen molar-refractivity contribution in [1.82, 2.24) is 5.32 Å². The second-order valence-electron chi connectivity index (χ2n) is 5.31. The van der Waals surface area contributed by atoms with Crippen molar-refractivity contribution < 1.29 is 9.53 Å². The molecule has 1 aromatic rings. The molecule has 0 aromatic heterocycles. The van der Waals surface area contributed by atoms with Gasteiger partial charge in [0.2, 0.25) is 5.91 Å². The number of amides is 1. The standard InChI is InChI=1S/C16H23NO2/c1-12(13-8-4-3-5-9-13)16(18)17-14-10-6-7-11-15(14)19-2/h3-5,8-9,12,14-15H,6-7,10-11H2,1-2H3,(H,17,18)/t12-,14-,15-/m1/s1. The number of ether oxygens (including phenoxy) is 1. The average molecular weight is 261 g/mol. The molecule has 0 saturated heterocycles. The van der Waals surface area contributed by atoms with Crippen molar-refractivity contribution in [1.29, 1.82) is 0 Å². The molecule has 2 rings (SSSR count). The second-order valence-corrected chi connectivity index (χ2v) is 5.31. The van der Waals surface area contributed by atoms with E-state index < -0.39 is 0 Å². The molecule has 1 saturated carbocycles. The van der Waals surface area contributed by atoms with Gasteiger partial charge in [0.15, 0.2) is 0 Å². The number of carbonyl (C=O) groups excluding carboxylic acids is 1. The van der Waals surface area contributed by atoms with E-state index in [9.17, 15) is 4.79 Å². The second kappa shape index (κ2) is 6.71. The Labute approximate surface area is 115 Å². The van der Waals surface area contributed by atoms with Gasteiger partial charge in [0.05, 0.1) is 18.1 Å². The first-order chi connectivity index (χ1) is 9.22. The smallest absolute Gasteiger partial charge is 0.227 e. The Kier molecular flexibility index (Phi) is 4.97. The maximum atomic E-state index is 12.3. The van der Waals surface area contributed by atoms with Gasteiger partial charge in [-0.05, 0) is 25.3 Å². The largest absolute Gasteiger partial charge is 0.379 e. The summed E-state index contributed by atoms with van der Waals surface area (Å²) in [5, 5.41) is 3.15. The van der Waals surface area contributed by atoms with Gasteiger partial charge in [-0.2, -0.15) is 0 Å². The summed E-state index contributed by atoms with van der Waals surface area (Å²) in [4.78, 5) is 12.3. The highest BCUT2D eigenvalue weighted by molar-refractivity contribution is 5.83. The number of hydrogen-bond donors (Lipinski definition) is 1. The molecule has 0 aliphatic heterocycles. The molecule has 3 atom stereocenters. The molecule has 1 aromatic carbocycles. The molecule has 3 heteroatoms. The van der Waals surface area contributed by atoms with E-state index in [-0.39, 0.29) is 24.0 Å². The first-order valence-electron chi connectivity index (χ1n) is 7.10. The van der Waals surface area contributed by atoms with E-state index in [0.29, 0.717) is 0 Å². The summed E-state index contributed by atoms with van der Waals surface area (Å²) in [6.45, 7) is 1.95. The van der Waals surface area contributed by atoms with Gasteiger partial charge in [-0.1, -0.05) is 43.2 Å². The van der Waals surface area contributed by atoms with Crippen LogP contribution in [0.5, 0.6) is 0 Å². The van der Waals surface area contributed by atoms with Crippen LogP contribution in [0.2, 0.25) is 0 Å². The fourth-order valence-corrected chi connectivity index (χ4v) is 2.74. The third-order valence-corrected chi connectivity index (χ3v) is 4.03. The van der Waals surface area contributed by atoms with Crippen molar-refractivity contribution in [3.8, 4) is 0 Å². The molecule has 1 aliphatic rings. The molecule has 0 radical (unpaired) electrons. The lowest BCUT2D eigenvalue weighted by atomic mass is 9.91. The Balaban J connectivity index is 1.96. The van der Waals surface area contributed by atoms with Crippen LogP contribution in [0.3, 0.4) is 0 Å². The van der Waals surface area contributed by atoms with Crippen molar-refractivity contribution in [3.05, 3.63) is 35.9 Å². The summed E-state index contributed by atoms with van der Waals surface area (Å²) in [5.41, 5.74) is 1.06. The Morgan fingerprint density at radius 2 is 1.95 bits per heavy atom. The Morgan fingerprint density at radius 3 is 2.63 bits per heavy atom. The van der Waals surface area contributed by atoms with Gasteiger partial charge in [-0.15, -0.1) is 0 Å². The van der Waals surface area contributed by atoms with E-state index in [1.165, 1.54) is 12.8 Å². The van der Waals surface area contributed by atoms with Crippen LogP contribution in [0, 0.1) is 0 Å². The Hall–Kier alpha value is -1.35. The molecule has 3 nitrogen and oxygen atoms in total. The summed E-state index contributed by atoms with van der Waals surface area (Å²) in [5.74, 6) is -0.0132. The van der Waals surface area contributed by atoms with Crippen molar-refractivity contribution in [3.63, 3.8) is 0 Å². The molecule has 104 valence electrons. The van der Waals surface area contributed by atoms with E-state index in [2.05, 4.69) is 5.32 Å². The first kappa shape index (κ1) is 14.1. The predicted octanol–water partition coefficient (Wildman–Crippen LogP) is 2.86.